The molecule has 0 bridgehead atoms. The number of carboxylic acids is 1. The van der Waals surface area contributed by atoms with Crippen LogP contribution < -0.4 is 5.73 Å². The summed E-state index contributed by atoms with van der Waals surface area (Å²) < 4.78 is 5.63. The van der Waals surface area contributed by atoms with Crippen molar-refractivity contribution >= 4 is 22.6 Å². The van der Waals surface area contributed by atoms with Crippen LogP contribution >= 0.6 is 0 Å². The van der Waals surface area contributed by atoms with Crippen LogP contribution in [0.3, 0.4) is 0 Å². The van der Waals surface area contributed by atoms with Crippen LogP contribution in [-0.2, 0) is 17.6 Å². The van der Waals surface area contributed by atoms with Crippen LogP contribution in [0.4, 0.5) is 5.69 Å². The first-order chi connectivity index (χ1) is 7.65. The van der Waals surface area contributed by atoms with Gasteiger partial charge in [-0.2, -0.15) is 0 Å². The third kappa shape index (κ3) is 1.19. The maximum absolute atomic E-state index is 10.9. The first-order valence-electron chi connectivity index (χ1n) is 5.17. The van der Waals surface area contributed by atoms with Crippen molar-refractivity contribution in [2.75, 3.05) is 5.73 Å². The molecule has 0 radical (unpaired) electrons. The Morgan fingerprint density at radius 3 is 3.00 bits per heavy atom. The molecule has 16 heavy (non-hydrogen) atoms. The van der Waals surface area contributed by atoms with E-state index in [-0.39, 0.29) is 5.92 Å². The Hall–Kier alpha value is -1.97. The zero-order valence-corrected chi connectivity index (χ0v) is 8.56. The molecule has 1 heterocycles. The van der Waals surface area contributed by atoms with Crippen molar-refractivity contribution in [1.29, 1.82) is 0 Å². The number of nitrogen functional groups attached to an aromatic ring is 1. The summed E-state index contributed by atoms with van der Waals surface area (Å²) in [6.45, 7) is 0. The van der Waals surface area contributed by atoms with E-state index in [1.165, 1.54) is 0 Å². The van der Waals surface area contributed by atoms with Crippen LogP contribution in [0.2, 0.25) is 0 Å². The summed E-state index contributed by atoms with van der Waals surface area (Å²) >= 11 is 0. The number of fused-ring (bicyclic) bond motifs is 3. The van der Waals surface area contributed by atoms with Crippen molar-refractivity contribution < 1.29 is 14.3 Å². The van der Waals surface area contributed by atoms with E-state index in [0.717, 1.165) is 22.3 Å². The molecule has 0 saturated heterocycles. The Bertz CT molecular complexity index is 585. The maximum Gasteiger partial charge on any atom is 0.307 e. The molecular formula is C12H11NO3. The minimum Gasteiger partial charge on any atom is -0.481 e. The van der Waals surface area contributed by atoms with Crippen molar-refractivity contribution in [2.24, 2.45) is 5.92 Å². The molecule has 0 amide bonds. The number of carboxylic acid groups (broad SMARTS) is 1. The minimum atomic E-state index is -0.761. The molecule has 1 aliphatic carbocycles. The number of rotatable bonds is 1. The highest BCUT2D eigenvalue weighted by Crippen LogP contribution is 2.36. The fourth-order valence-electron chi connectivity index (χ4n) is 2.32. The second-order valence-electron chi connectivity index (χ2n) is 4.20. The Balaban J connectivity index is 2.13. The molecule has 1 atom stereocenters. The van der Waals surface area contributed by atoms with Gasteiger partial charge in [0.1, 0.15) is 11.3 Å². The Kier molecular flexibility index (Phi) is 1.74. The lowest BCUT2D eigenvalue weighted by atomic mass is 10.1. The SMILES string of the molecule is Nc1ccc2oc3c(c2c1)CC(C(=O)O)C3. The van der Waals surface area contributed by atoms with Gasteiger partial charge < -0.3 is 15.3 Å². The molecule has 0 spiro atoms. The molecule has 1 aliphatic rings. The lowest BCUT2D eigenvalue weighted by Crippen LogP contribution is -2.13. The van der Waals surface area contributed by atoms with Crippen molar-refractivity contribution in [2.45, 2.75) is 12.8 Å². The smallest absolute Gasteiger partial charge is 0.307 e. The van der Waals surface area contributed by atoms with Gasteiger partial charge in [0, 0.05) is 23.1 Å². The first kappa shape index (κ1) is 9.27. The lowest BCUT2D eigenvalue weighted by molar-refractivity contribution is -0.141. The van der Waals surface area contributed by atoms with Crippen LogP contribution in [-0.4, -0.2) is 11.1 Å². The van der Waals surface area contributed by atoms with E-state index in [2.05, 4.69) is 0 Å². The van der Waals surface area contributed by atoms with Gasteiger partial charge in [0.05, 0.1) is 5.92 Å². The highest BCUT2D eigenvalue weighted by Gasteiger charge is 2.31. The third-order valence-corrected chi connectivity index (χ3v) is 3.13. The maximum atomic E-state index is 10.9. The number of carbonyl (C=O) groups is 1. The van der Waals surface area contributed by atoms with Crippen LogP contribution in [0.15, 0.2) is 22.6 Å². The molecule has 4 nitrogen and oxygen atoms in total. The highest BCUT2D eigenvalue weighted by atomic mass is 16.4. The van der Waals surface area contributed by atoms with Gasteiger partial charge in [0.2, 0.25) is 0 Å². The van der Waals surface area contributed by atoms with Crippen molar-refractivity contribution in [3.05, 3.63) is 29.5 Å². The summed E-state index contributed by atoms with van der Waals surface area (Å²) in [5.41, 5.74) is 8.19. The Morgan fingerprint density at radius 1 is 1.44 bits per heavy atom. The highest BCUT2D eigenvalue weighted by molar-refractivity contribution is 5.87. The largest absolute Gasteiger partial charge is 0.481 e. The summed E-state index contributed by atoms with van der Waals surface area (Å²) in [5.74, 6) is -0.309. The number of aliphatic carboxylic acids is 1. The molecule has 0 aliphatic heterocycles. The van der Waals surface area contributed by atoms with E-state index < -0.39 is 5.97 Å². The third-order valence-electron chi connectivity index (χ3n) is 3.13. The van der Waals surface area contributed by atoms with Crippen LogP contribution in [0.5, 0.6) is 0 Å². The van der Waals surface area contributed by atoms with E-state index in [1.54, 1.807) is 6.07 Å². The fourth-order valence-corrected chi connectivity index (χ4v) is 2.32. The summed E-state index contributed by atoms with van der Waals surface area (Å²) in [4.78, 5) is 10.9. The second kappa shape index (κ2) is 3.01. The van der Waals surface area contributed by atoms with E-state index in [0.29, 0.717) is 18.5 Å². The van der Waals surface area contributed by atoms with Gasteiger partial charge in [-0.25, -0.2) is 0 Å². The van der Waals surface area contributed by atoms with Crippen LogP contribution in [0, 0.1) is 5.92 Å². The lowest BCUT2D eigenvalue weighted by Gasteiger charge is -2.01. The van der Waals surface area contributed by atoms with Crippen molar-refractivity contribution in [3.8, 4) is 0 Å². The fraction of sp³-hybridized carbons (Fsp3) is 0.250. The number of furan rings is 1. The topological polar surface area (TPSA) is 76.5 Å². The predicted octanol–water partition coefficient (Wildman–Crippen LogP) is 1.81. The van der Waals surface area contributed by atoms with E-state index in [1.807, 2.05) is 12.1 Å². The Labute approximate surface area is 91.7 Å². The molecular weight excluding hydrogens is 206 g/mol. The molecule has 3 rings (SSSR count). The summed E-state index contributed by atoms with van der Waals surface area (Å²) in [7, 11) is 0. The minimum absolute atomic E-state index is 0.348. The van der Waals surface area contributed by atoms with Crippen LogP contribution in [0.25, 0.3) is 11.0 Å². The number of nitrogens with two attached hydrogens (primary N) is 1. The molecule has 4 heteroatoms. The number of hydrogen-bond donors (Lipinski definition) is 2. The zero-order valence-electron chi connectivity index (χ0n) is 8.56. The average molecular weight is 217 g/mol. The van der Waals surface area contributed by atoms with Gasteiger partial charge in [-0.1, -0.05) is 0 Å². The number of hydrogen-bond acceptors (Lipinski definition) is 3. The monoisotopic (exact) mass is 217 g/mol. The summed E-state index contributed by atoms with van der Waals surface area (Å²) in [5, 5.41) is 9.92. The number of benzene rings is 1. The molecule has 3 N–H and O–H groups in total. The zero-order chi connectivity index (χ0) is 11.3. The summed E-state index contributed by atoms with van der Waals surface area (Å²) in [6, 6.07) is 5.47. The molecule has 82 valence electrons. The van der Waals surface area contributed by atoms with Gasteiger partial charge in [-0.05, 0) is 24.6 Å². The summed E-state index contributed by atoms with van der Waals surface area (Å²) in [6.07, 6.45) is 1.03. The van der Waals surface area contributed by atoms with Gasteiger partial charge in [0.15, 0.2) is 0 Å². The molecule has 1 unspecified atom stereocenters. The van der Waals surface area contributed by atoms with E-state index in [4.69, 9.17) is 15.3 Å². The predicted molar refractivity (Wildman–Crippen MR) is 59.2 cm³/mol. The molecule has 2 aromatic rings. The van der Waals surface area contributed by atoms with Crippen molar-refractivity contribution in [3.63, 3.8) is 0 Å². The second-order valence-corrected chi connectivity index (χ2v) is 4.20. The van der Waals surface area contributed by atoms with E-state index in [9.17, 15) is 4.79 Å². The van der Waals surface area contributed by atoms with Gasteiger partial charge in [-0.3, -0.25) is 4.79 Å². The number of anilines is 1. The van der Waals surface area contributed by atoms with Gasteiger partial charge >= 0.3 is 5.97 Å². The Morgan fingerprint density at radius 2 is 2.25 bits per heavy atom. The average Bonchev–Trinajstić information content (AvgIpc) is 2.75. The standard InChI is InChI=1S/C12H11NO3/c13-7-1-2-10-9(5-7)8-3-6(12(14)15)4-11(8)16-10/h1-2,5-6H,3-4,13H2,(H,14,15). The van der Waals surface area contributed by atoms with Crippen LogP contribution in [0.1, 0.15) is 11.3 Å². The van der Waals surface area contributed by atoms with Crippen molar-refractivity contribution in [1.82, 2.24) is 0 Å². The van der Waals surface area contributed by atoms with Gasteiger partial charge in [-0.15, -0.1) is 0 Å². The molecule has 0 saturated carbocycles. The normalized spacial score (nSPS) is 18.9. The molecule has 0 fully saturated rings. The van der Waals surface area contributed by atoms with Gasteiger partial charge in [0.25, 0.3) is 0 Å². The first-order valence-corrected chi connectivity index (χ1v) is 5.17. The quantitative estimate of drug-likeness (QED) is 0.714. The molecule has 1 aromatic heterocycles. The van der Waals surface area contributed by atoms with E-state index >= 15 is 0 Å². The molecule has 1 aromatic carbocycles.